The number of rotatable bonds is 5. The van der Waals surface area contributed by atoms with Crippen molar-refractivity contribution in [1.29, 1.82) is 0 Å². The first-order valence-electron chi connectivity index (χ1n) is 8.04. The third kappa shape index (κ3) is 4.63. The smallest absolute Gasteiger partial charge is 0.325 e. The molecule has 0 radical (unpaired) electrons. The summed E-state index contributed by atoms with van der Waals surface area (Å²) >= 11 is 0.908. The number of halogens is 3. The monoisotopic (exact) mass is 410 g/mol. The number of carbonyl (C=O) groups is 1. The first-order valence-corrected chi connectivity index (χ1v) is 9.03. The van der Waals surface area contributed by atoms with Gasteiger partial charge in [-0.25, -0.2) is 4.79 Å². The van der Waals surface area contributed by atoms with Crippen LogP contribution >= 0.6 is 11.8 Å². The second kappa shape index (κ2) is 7.93. The summed E-state index contributed by atoms with van der Waals surface area (Å²) in [6, 6.07) is 11.6. The average molecular weight is 410 g/mol. The van der Waals surface area contributed by atoms with Gasteiger partial charge in [-0.05, 0) is 46.8 Å². The van der Waals surface area contributed by atoms with Gasteiger partial charge in [0.1, 0.15) is 0 Å². The summed E-state index contributed by atoms with van der Waals surface area (Å²) < 4.78 is 44.4. The average Bonchev–Trinajstić information content (AvgIpc) is 3.01. The highest BCUT2D eigenvalue weighted by atomic mass is 32.2. The number of hydrogen-bond donors (Lipinski definition) is 2. The molecule has 0 saturated heterocycles. The Morgan fingerprint density at radius 3 is 2.61 bits per heavy atom. The zero-order valence-electron chi connectivity index (χ0n) is 14.5. The van der Waals surface area contributed by atoms with E-state index in [2.05, 4.69) is 10.6 Å². The van der Waals surface area contributed by atoms with E-state index in [4.69, 9.17) is 4.52 Å². The number of aromatic nitrogens is 2. The maximum absolute atomic E-state index is 12.7. The fourth-order valence-corrected chi connectivity index (χ4v) is 3.13. The molecule has 2 N–H and O–H groups in total. The van der Waals surface area contributed by atoms with Gasteiger partial charge >= 0.3 is 16.8 Å². The van der Waals surface area contributed by atoms with Crippen LogP contribution in [0.15, 0.2) is 62.9 Å². The number of carbonyl (C=O) groups excluding carboxylic acids is 1. The van der Waals surface area contributed by atoms with Crippen LogP contribution in [0.25, 0.3) is 5.69 Å². The summed E-state index contributed by atoms with van der Waals surface area (Å²) in [5.74, 6) is -0.745. The summed E-state index contributed by atoms with van der Waals surface area (Å²) in [5.41, 5.74) is 0.175. The molecular weight excluding hydrogens is 395 g/mol. The van der Waals surface area contributed by atoms with Gasteiger partial charge in [-0.3, -0.25) is 9.32 Å². The Bertz CT molecular complexity index is 1040. The predicted octanol–water partition coefficient (Wildman–Crippen LogP) is 3.30. The number of benzene rings is 2. The summed E-state index contributed by atoms with van der Waals surface area (Å²) in [7, 11) is 0. The number of nitrogens with one attached hydrogen (secondary N) is 2. The second-order valence-corrected chi connectivity index (χ2v) is 6.84. The first-order chi connectivity index (χ1) is 13.2. The molecule has 6 nitrogen and oxygen atoms in total. The number of hydrogen-bond acceptors (Lipinski definition) is 4. The number of H-pyrrole nitrogens is 1. The highest BCUT2D eigenvalue weighted by molar-refractivity contribution is 7.99. The van der Waals surface area contributed by atoms with Crippen molar-refractivity contribution in [2.75, 3.05) is 11.1 Å². The summed E-state index contributed by atoms with van der Waals surface area (Å²) in [5, 5.41) is 4.99. The van der Waals surface area contributed by atoms with Crippen molar-refractivity contribution in [3.05, 3.63) is 70.1 Å². The highest BCUT2D eigenvalue weighted by Crippen LogP contribution is 2.30. The Balaban J connectivity index is 1.70. The Morgan fingerprint density at radius 2 is 1.93 bits per heavy atom. The lowest BCUT2D eigenvalue weighted by molar-refractivity contribution is -0.704. The van der Waals surface area contributed by atoms with E-state index in [-0.39, 0.29) is 16.5 Å². The number of aromatic amines is 1. The molecule has 2 aromatic carbocycles. The first kappa shape index (κ1) is 19.7. The Kier molecular flexibility index (Phi) is 5.59. The van der Waals surface area contributed by atoms with E-state index in [1.807, 2.05) is 19.1 Å². The van der Waals surface area contributed by atoms with Gasteiger partial charge in [0.25, 0.3) is 0 Å². The number of nitrogens with zero attached hydrogens (tertiary/aromatic N) is 1. The predicted molar refractivity (Wildman–Crippen MR) is 96.4 cm³/mol. The molecule has 0 aliphatic rings. The lowest BCUT2D eigenvalue weighted by Crippen LogP contribution is -2.36. The summed E-state index contributed by atoms with van der Waals surface area (Å²) in [6.45, 7) is 1.92. The molecule has 3 aromatic rings. The molecule has 3 rings (SSSR count). The van der Waals surface area contributed by atoms with Gasteiger partial charge in [-0.2, -0.15) is 13.2 Å². The normalized spacial score (nSPS) is 11.4. The number of aryl methyl sites for hydroxylation is 1. The molecule has 0 unspecified atom stereocenters. The Morgan fingerprint density at radius 1 is 1.21 bits per heavy atom. The van der Waals surface area contributed by atoms with Gasteiger partial charge in [0.15, 0.2) is 0 Å². The molecule has 0 saturated carbocycles. The quantitative estimate of drug-likeness (QED) is 0.500. The van der Waals surface area contributed by atoms with Gasteiger partial charge in [0, 0.05) is 17.8 Å². The van der Waals surface area contributed by atoms with Crippen LogP contribution < -0.4 is 15.6 Å². The van der Waals surface area contributed by atoms with Gasteiger partial charge in [0.2, 0.25) is 11.6 Å². The SMILES string of the molecule is Cc1ccc(-[n+]2[nH]oc(=O)c2SCC(=O)Nc2cccc(C(F)(F)F)c2)cc1. The number of alkyl halides is 3. The van der Waals surface area contributed by atoms with Crippen molar-refractivity contribution >= 4 is 23.4 Å². The van der Waals surface area contributed by atoms with E-state index in [0.29, 0.717) is 5.69 Å². The van der Waals surface area contributed by atoms with Gasteiger partial charge < -0.3 is 5.32 Å². The van der Waals surface area contributed by atoms with E-state index >= 15 is 0 Å². The largest absolute Gasteiger partial charge is 0.442 e. The molecule has 10 heteroatoms. The van der Waals surface area contributed by atoms with E-state index in [0.717, 1.165) is 29.5 Å². The fourth-order valence-electron chi connectivity index (χ4n) is 2.36. The molecule has 0 aliphatic heterocycles. The van der Waals surface area contributed by atoms with Crippen LogP contribution in [0.4, 0.5) is 18.9 Å². The van der Waals surface area contributed by atoms with Crippen LogP contribution in [-0.2, 0) is 11.0 Å². The summed E-state index contributed by atoms with van der Waals surface area (Å²) in [6.07, 6.45) is -4.50. The third-order valence-corrected chi connectivity index (χ3v) is 4.74. The molecule has 146 valence electrons. The Hall–Kier alpha value is -3.01. The zero-order chi connectivity index (χ0) is 20.3. The zero-order valence-corrected chi connectivity index (χ0v) is 15.4. The van der Waals surface area contributed by atoms with Crippen molar-refractivity contribution in [3.8, 4) is 5.69 Å². The third-order valence-electron chi connectivity index (χ3n) is 3.71. The van der Waals surface area contributed by atoms with Gasteiger partial charge in [-0.15, -0.1) is 0 Å². The van der Waals surface area contributed by atoms with Crippen molar-refractivity contribution in [2.45, 2.75) is 18.1 Å². The maximum Gasteiger partial charge on any atom is 0.442 e. The van der Waals surface area contributed by atoms with Crippen molar-refractivity contribution in [3.63, 3.8) is 0 Å². The molecule has 1 heterocycles. The van der Waals surface area contributed by atoms with Crippen molar-refractivity contribution < 1.29 is 27.2 Å². The molecule has 0 atom stereocenters. The van der Waals surface area contributed by atoms with Gasteiger partial charge in [0.05, 0.1) is 11.3 Å². The van der Waals surface area contributed by atoms with Crippen LogP contribution in [0, 0.1) is 6.92 Å². The molecule has 0 aliphatic carbocycles. The molecule has 0 bridgehead atoms. The van der Waals surface area contributed by atoms with Crippen molar-refractivity contribution in [1.82, 2.24) is 5.27 Å². The molecule has 0 fully saturated rings. The molecule has 1 aromatic heterocycles. The standard InChI is InChI=1S/C18H14F3N3O3S/c1-11-5-7-14(8-6-11)24-16(17(26)27-23-24)28-10-15(25)22-13-4-2-3-12(9-13)18(19,20)21/h2-9H,10H2,1H3,(H-,22,23,25,26)/p+1. The van der Waals surface area contributed by atoms with Crippen LogP contribution in [0.1, 0.15) is 11.1 Å². The maximum atomic E-state index is 12.7. The molecule has 0 spiro atoms. The van der Waals surface area contributed by atoms with E-state index < -0.39 is 23.3 Å². The topological polar surface area (TPSA) is 79.0 Å². The van der Waals surface area contributed by atoms with E-state index in [1.165, 1.54) is 16.8 Å². The Labute approximate surface area is 161 Å². The van der Waals surface area contributed by atoms with Crippen LogP contribution in [0.5, 0.6) is 0 Å². The van der Waals surface area contributed by atoms with Crippen LogP contribution in [0.3, 0.4) is 0 Å². The lowest BCUT2D eigenvalue weighted by Gasteiger charge is -2.09. The number of anilines is 1. The van der Waals surface area contributed by atoms with Crippen molar-refractivity contribution in [2.24, 2.45) is 0 Å². The van der Waals surface area contributed by atoms with Gasteiger partial charge in [-0.1, -0.05) is 23.8 Å². The summed E-state index contributed by atoms with van der Waals surface area (Å²) in [4.78, 5) is 24.0. The minimum atomic E-state index is -4.50. The lowest BCUT2D eigenvalue weighted by atomic mass is 10.2. The number of amides is 1. The fraction of sp³-hybridized carbons (Fsp3) is 0.167. The highest BCUT2D eigenvalue weighted by Gasteiger charge is 2.30. The molecule has 1 amide bonds. The molecule has 28 heavy (non-hydrogen) atoms. The minimum absolute atomic E-state index is 0.0212. The van der Waals surface area contributed by atoms with E-state index in [1.54, 1.807) is 12.1 Å². The second-order valence-electron chi connectivity index (χ2n) is 5.87. The molecular formula is C18H15F3N3O3S+. The van der Waals surface area contributed by atoms with Crippen LogP contribution in [0.2, 0.25) is 0 Å². The minimum Gasteiger partial charge on any atom is -0.325 e. The number of thioether (sulfide) groups is 1. The van der Waals surface area contributed by atoms with E-state index in [9.17, 15) is 22.8 Å². The van der Waals surface area contributed by atoms with Crippen LogP contribution in [-0.4, -0.2) is 16.9 Å².